The molecule has 96 valence electrons. The monoisotopic (exact) mass is 226 g/mol. The zero-order valence-corrected chi connectivity index (χ0v) is 11.8. The number of nitrogens with zero attached hydrogens (tertiary/aromatic N) is 1. The fraction of sp³-hybridized carbons (Fsp3) is 1.00. The smallest absolute Gasteiger partial charge is 0.0254 e. The molecular formula is C14H30N2. The molecule has 3 atom stereocenters. The van der Waals surface area contributed by atoms with Crippen LogP contribution in [0.5, 0.6) is 0 Å². The van der Waals surface area contributed by atoms with Crippen LogP contribution in [0, 0.1) is 5.92 Å². The lowest BCUT2D eigenvalue weighted by Crippen LogP contribution is -2.54. The Morgan fingerprint density at radius 1 is 1.31 bits per heavy atom. The van der Waals surface area contributed by atoms with Gasteiger partial charge in [-0.1, -0.05) is 13.8 Å². The summed E-state index contributed by atoms with van der Waals surface area (Å²) in [5.41, 5.74) is 0. The lowest BCUT2D eigenvalue weighted by molar-refractivity contribution is 0.0774. The van der Waals surface area contributed by atoms with Crippen molar-refractivity contribution in [2.45, 2.75) is 71.5 Å². The van der Waals surface area contributed by atoms with Crippen molar-refractivity contribution in [3.63, 3.8) is 0 Å². The number of rotatable bonds is 5. The Morgan fingerprint density at radius 2 is 2.00 bits per heavy atom. The molecule has 0 aliphatic heterocycles. The molecule has 0 aromatic carbocycles. The molecule has 1 aliphatic carbocycles. The second-order valence-corrected chi connectivity index (χ2v) is 5.71. The Labute approximate surface area is 102 Å². The van der Waals surface area contributed by atoms with Gasteiger partial charge in [0, 0.05) is 18.1 Å². The van der Waals surface area contributed by atoms with Crippen molar-refractivity contribution < 1.29 is 0 Å². The summed E-state index contributed by atoms with van der Waals surface area (Å²) < 4.78 is 0. The van der Waals surface area contributed by atoms with Crippen LogP contribution < -0.4 is 5.32 Å². The Balaban J connectivity index is 2.69. The lowest BCUT2D eigenvalue weighted by atomic mass is 9.82. The maximum Gasteiger partial charge on any atom is 0.0254 e. The average Bonchev–Trinajstić information content (AvgIpc) is 2.25. The minimum Gasteiger partial charge on any atom is -0.315 e. The van der Waals surface area contributed by atoms with Crippen LogP contribution in [0.2, 0.25) is 0 Å². The van der Waals surface area contributed by atoms with Gasteiger partial charge < -0.3 is 5.32 Å². The summed E-state index contributed by atoms with van der Waals surface area (Å²) in [4.78, 5) is 2.71. The molecule has 1 aliphatic rings. The van der Waals surface area contributed by atoms with Crippen LogP contribution >= 0.6 is 0 Å². The molecule has 0 aromatic rings. The maximum absolute atomic E-state index is 3.53. The van der Waals surface area contributed by atoms with Gasteiger partial charge in [-0.25, -0.2) is 0 Å². The largest absolute Gasteiger partial charge is 0.315 e. The second-order valence-electron chi connectivity index (χ2n) is 5.71. The molecule has 0 bridgehead atoms. The zero-order valence-electron chi connectivity index (χ0n) is 11.8. The highest BCUT2D eigenvalue weighted by Gasteiger charge is 2.32. The van der Waals surface area contributed by atoms with Gasteiger partial charge in [0.05, 0.1) is 0 Å². The minimum atomic E-state index is 0.672. The topological polar surface area (TPSA) is 15.3 Å². The molecule has 0 spiro atoms. The van der Waals surface area contributed by atoms with Gasteiger partial charge in [-0.05, 0) is 59.0 Å². The Morgan fingerprint density at radius 3 is 2.50 bits per heavy atom. The average molecular weight is 226 g/mol. The number of hydrogen-bond donors (Lipinski definition) is 1. The van der Waals surface area contributed by atoms with Gasteiger partial charge in [0.15, 0.2) is 0 Å². The van der Waals surface area contributed by atoms with Gasteiger partial charge in [-0.2, -0.15) is 0 Å². The quantitative estimate of drug-likeness (QED) is 0.775. The summed E-state index contributed by atoms with van der Waals surface area (Å²) in [6, 6.07) is 2.12. The summed E-state index contributed by atoms with van der Waals surface area (Å²) in [6.45, 7) is 10.6. The third-order valence-electron chi connectivity index (χ3n) is 4.02. The molecule has 1 rings (SSSR count). The third-order valence-corrected chi connectivity index (χ3v) is 4.02. The first-order chi connectivity index (χ1) is 7.60. The molecule has 0 amide bonds. The summed E-state index contributed by atoms with van der Waals surface area (Å²) >= 11 is 0. The van der Waals surface area contributed by atoms with Gasteiger partial charge >= 0.3 is 0 Å². The predicted octanol–water partition coefficient (Wildman–Crippen LogP) is 2.88. The van der Waals surface area contributed by atoms with Gasteiger partial charge in [0.25, 0.3) is 0 Å². The van der Waals surface area contributed by atoms with E-state index < -0.39 is 0 Å². The summed E-state index contributed by atoms with van der Waals surface area (Å²) in [5.74, 6) is 0.896. The van der Waals surface area contributed by atoms with Crippen molar-refractivity contribution in [1.82, 2.24) is 10.2 Å². The molecule has 2 nitrogen and oxygen atoms in total. The highest BCUT2D eigenvalue weighted by Crippen LogP contribution is 2.28. The van der Waals surface area contributed by atoms with E-state index >= 15 is 0 Å². The van der Waals surface area contributed by atoms with Crippen molar-refractivity contribution in [3.8, 4) is 0 Å². The fourth-order valence-corrected chi connectivity index (χ4v) is 3.12. The number of hydrogen-bond acceptors (Lipinski definition) is 2. The van der Waals surface area contributed by atoms with E-state index in [0.717, 1.165) is 12.0 Å². The van der Waals surface area contributed by atoms with E-state index in [-0.39, 0.29) is 0 Å². The molecule has 1 N–H and O–H groups in total. The fourth-order valence-electron chi connectivity index (χ4n) is 3.12. The van der Waals surface area contributed by atoms with Crippen LogP contribution in [-0.2, 0) is 0 Å². The van der Waals surface area contributed by atoms with Crippen molar-refractivity contribution in [1.29, 1.82) is 0 Å². The second kappa shape index (κ2) is 6.61. The summed E-state index contributed by atoms with van der Waals surface area (Å²) in [6.07, 6.45) is 5.36. The van der Waals surface area contributed by atoms with Crippen molar-refractivity contribution in [2.24, 2.45) is 5.92 Å². The van der Waals surface area contributed by atoms with E-state index in [9.17, 15) is 0 Å². The molecule has 3 unspecified atom stereocenters. The third kappa shape index (κ3) is 3.46. The van der Waals surface area contributed by atoms with E-state index in [0.29, 0.717) is 12.1 Å². The molecule has 16 heavy (non-hydrogen) atoms. The van der Waals surface area contributed by atoms with Crippen LogP contribution in [0.3, 0.4) is 0 Å². The van der Waals surface area contributed by atoms with E-state index in [1.54, 1.807) is 0 Å². The maximum atomic E-state index is 3.53. The minimum absolute atomic E-state index is 0.672. The van der Waals surface area contributed by atoms with Crippen molar-refractivity contribution in [2.75, 3.05) is 13.6 Å². The lowest BCUT2D eigenvalue weighted by Gasteiger charge is -2.44. The normalized spacial score (nSPS) is 31.3. The highest BCUT2D eigenvalue weighted by molar-refractivity contribution is 4.90. The van der Waals surface area contributed by atoms with E-state index in [1.807, 2.05) is 0 Å². The SMILES string of the molecule is CCCN(C(C)C)C1CC(C)CCC1NC. The van der Waals surface area contributed by atoms with Gasteiger partial charge in [-0.3, -0.25) is 4.90 Å². The first-order valence-electron chi connectivity index (χ1n) is 7.03. The van der Waals surface area contributed by atoms with Crippen LogP contribution in [0.1, 0.15) is 53.4 Å². The Hall–Kier alpha value is -0.0800. The number of likely N-dealkylation sites (N-methyl/N-ethyl adjacent to an activating group) is 1. The molecule has 0 aromatic heterocycles. The van der Waals surface area contributed by atoms with Crippen LogP contribution in [0.25, 0.3) is 0 Å². The zero-order chi connectivity index (χ0) is 12.1. The Bertz CT molecular complexity index is 191. The van der Waals surface area contributed by atoms with Gasteiger partial charge in [-0.15, -0.1) is 0 Å². The van der Waals surface area contributed by atoms with Crippen molar-refractivity contribution in [3.05, 3.63) is 0 Å². The van der Waals surface area contributed by atoms with Gasteiger partial charge in [0.2, 0.25) is 0 Å². The van der Waals surface area contributed by atoms with E-state index in [1.165, 1.54) is 32.2 Å². The van der Waals surface area contributed by atoms with Gasteiger partial charge in [0.1, 0.15) is 0 Å². The van der Waals surface area contributed by atoms with E-state index in [4.69, 9.17) is 0 Å². The number of nitrogens with one attached hydrogen (secondary N) is 1. The molecule has 1 saturated carbocycles. The Kier molecular flexibility index (Phi) is 5.77. The summed E-state index contributed by atoms with van der Waals surface area (Å²) in [7, 11) is 2.12. The molecule has 0 radical (unpaired) electrons. The van der Waals surface area contributed by atoms with E-state index in [2.05, 4.69) is 45.0 Å². The molecule has 0 heterocycles. The molecule has 0 saturated heterocycles. The first kappa shape index (κ1) is 14.0. The predicted molar refractivity (Wildman–Crippen MR) is 71.8 cm³/mol. The van der Waals surface area contributed by atoms with Crippen LogP contribution in [-0.4, -0.2) is 36.6 Å². The summed E-state index contributed by atoms with van der Waals surface area (Å²) in [5, 5.41) is 3.53. The molecule has 2 heteroatoms. The van der Waals surface area contributed by atoms with Crippen LogP contribution in [0.4, 0.5) is 0 Å². The highest BCUT2D eigenvalue weighted by atomic mass is 15.2. The standard InChI is InChI=1S/C14H30N2/c1-6-9-16(11(2)3)14-10-12(4)7-8-13(14)15-5/h11-15H,6-10H2,1-5H3. The molecular weight excluding hydrogens is 196 g/mol. The van der Waals surface area contributed by atoms with Crippen LogP contribution in [0.15, 0.2) is 0 Å². The first-order valence-corrected chi connectivity index (χ1v) is 7.03. The molecule has 1 fully saturated rings. The van der Waals surface area contributed by atoms with Crippen molar-refractivity contribution >= 4 is 0 Å².